The SMILES string of the molecule is C=C/C(Br)=C/CCC. The van der Waals surface area contributed by atoms with Crippen LogP contribution in [0.3, 0.4) is 0 Å². The molecule has 8 heavy (non-hydrogen) atoms. The maximum absolute atomic E-state index is 3.60. The van der Waals surface area contributed by atoms with Gasteiger partial charge in [-0.2, -0.15) is 0 Å². The number of hydrogen-bond donors (Lipinski definition) is 0. The van der Waals surface area contributed by atoms with Gasteiger partial charge in [-0.1, -0.05) is 48.0 Å². The van der Waals surface area contributed by atoms with Crippen LogP contribution in [0.15, 0.2) is 23.2 Å². The highest BCUT2D eigenvalue weighted by molar-refractivity contribution is 9.11. The molecule has 0 fully saturated rings. The van der Waals surface area contributed by atoms with E-state index in [4.69, 9.17) is 0 Å². The fourth-order valence-electron chi connectivity index (χ4n) is 0.366. The average molecular weight is 175 g/mol. The van der Waals surface area contributed by atoms with E-state index in [2.05, 4.69) is 35.5 Å². The first-order valence-corrected chi connectivity index (χ1v) is 3.58. The van der Waals surface area contributed by atoms with Crippen LogP contribution in [0.1, 0.15) is 19.8 Å². The van der Waals surface area contributed by atoms with Gasteiger partial charge in [-0.05, 0) is 6.42 Å². The molecule has 0 spiro atoms. The fraction of sp³-hybridized carbons (Fsp3) is 0.429. The lowest BCUT2D eigenvalue weighted by Gasteiger charge is -1.85. The lowest BCUT2D eigenvalue weighted by atomic mass is 10.3. The maximum atomic E-state index is 3.60. The van der Waals surface area contributed by atoms with Crippen molar-refractivity contribution in [1.82, 2.24) is 0 Å². The summed E-state index contributed by atoms with van der Waals surface area (Å²) in [6.07, 6.45) is 6.25. The van der Waals surface area contributed by atoms with Crippen LogP contribution < -0.4 is 0 Å². The zero-order valence-electron chi connectivity index (χ0n) is 5.15. The summed E-state index contributed by atoms with van der Waals surface area (Å²) in [6, 6.07) is 0. The summed E-state index contributed by atoms with van der Waals surface area (Å²) >= 11 is 3.32. The molecule has 0 nitrogen and oxygen atoms in total. The van der Waals surface area contributed by atoms with Gasteiger partial charge in [0.15, 0.2) is 0 Å². The minimum Gasteiger partial charge on any atom is -0.0980 e. The van der Waals surface area contributed by atoms with Gasteiger partial charge in [-0.25, -0.2) is 0 Å². The molecular formula is C7H11Br. The van der Waals surface area contributed by atoms with Gasteiger partial charge in [0, 0.05) is 4.48 Å². The predicted molar refractivity (Wildman–Crippen MR) is 42.1 cm³/mol. The van der Waals surface area contributed by atoms with Crippen molar-refractivity contribution in [2.75, 3.05) is 0 Å². The van der Waals surface area contributed by atoms with Gasteiger partial charge >= 0.3 is 0 Å². The van der Waals surface area contributed by atoms with Crippen molar-refractivity contribution in [2.24, 2.45) is 0 Å². The monoisotopic (exact) mass is 174 g/mol. The van der Waals surface area contributed by atoms with E-state index in [1.807, 2.05) is 0 Å². The number of allylic oxidation sites excluding steroid dienone is 3. The van der Waals surface area contributed by atoms with Crippen LogP contribution in [0.4, 0.5) is 0 Å². The van der Waals surface area contributed by atoms with Crippen molar-refractivity contribution in [1.29, 1.82) is 0 Å². The van der Waals surface area contributed by atoms with Crippen LogP contribution in [0.25, 0.3) is 0 Å². The van der Waals surface area contributed by atoms with Crippen molar-refractivity contribution in [3.05, 3.63) is 23.2 Å². The molecule has 0 unspecified atom stereocenters. The Morgan fingerprint density at radius 3 is 2.75 bits per heavy atom. The van der Waals surface area contributed by atoms with Gasteiger partial charge in [-0.15, -0.1) is 0 Å². The van der Waals surface area contributed by atoms with Gasteiger partial charge in [0.05, 0.1) is 0 Å². The Bertz CT molecular complexity index is 92.6. The Morgan fingerprint density at radius 1 is 1.75 bits per heavy atom. The second-order valence-electron chi connectivity index (χ2n) is 1.58. The molecule has 0 amide bonds. The van der Waals surface area contributed by atoms with E-state index in [1.54, 1.807) is 6.08 Å². The third-order valence-electron chi connectivity index (χ3n) is 0.823. The number of hydrogen-bond acceptors (Lipinski definition) is 0. The third-order valence-corrected chi connectivity index (χ3v) is 1.47. The predicted octanol–water partition coefficient (Wildman–Crippen LogP) is 3.25. The minimum absolute atomic E-state index is 1.10. The minimum atomic E-state index is 1.10. The van der Waals surface area contributed by atoms with Crippen LogP contribution >= 0.6 is 15.9 Å². The highest BCUT2D eigenvalue weighted by Gasteiger charge is 1.78. The van der Waals surface area contributed by atoms with Crippen molar-refractivity contribution in [3.8, 4) is 0 Å². The van der Waals surface area contributed by atoms with E-state index in [-0.39, 0.29) is 0 Å². The second-order valence-corrected chi connectivity index (χ2v) is 2.50. The zero-order valence-corrected chi connectivity index (χ0v) is 6.74. The molecule has 0 bridgehead atoms. The zero-order chi connectivity index (χ0) is 6.41. The van der Waals surface area contributed by atoms with E-state index in [0.29, 0.717) is 0 Å². The lowest BCUT2D eigenvalue weighted by Crippen LogP contribution is -1.62. The maximum Gasteiger partial charge on any atom is 0.0129 e. The Kier molecular flexibility index (Phi) is 5.08. The molecule has 1 heteroatoms. The summed E-state index contributed by atoms with van der Waals surface area (Å²) in [5.74, 6) is 0. The number of halogens is 1. The second kappa shape index (κ2) is 5.10. The molecule has 0 saturated heterocycles. The summed E-state index contributed by atoms with van der Waals surface area (Å²) in [6.45, 7) is 5.75. The standard InChI is InChI=1S/C7H11Br/c1-3-5-6-7(8)4-2/h4,6H,2-3,5H2,1H3/b7-6-. The van der Waals surface area contributed by atoms with Gasteiger partial charge in [0.2, 0.25) is 0 Å². The Balaban J connectivity index is 3.40. The fourth-order valence-corrected chi connectivity index (χ4v) is 0.594. The molecule has 0 aromatic rings. The van der Waals surface area contributed by atoms with E-state index in [0.717, 1.165) is 10.9 Å². The largest absolute Gasteiger partial charge is 0.0980 e. The third kappa shape index (κ3) is 4.13. The Labute approximate surface area is 59.4 Å². The van der Waals surface area contributed by atoms with Crippen LogP contribution in [-0.2, 0) is 0 Å². The summed E-state index contributed by atoms with van der Waals surface area (Å²) in [4.78, 5) is 0. The first-order chi connectivity index (χ1) is 3.81. The molecular weight excluding hydrogens is 164 g/mol. The van der Waals surface area contributed by atoms with Gasteiger partial charge in [0.1, 0.15) is 0 Å². The molecule has 0 aliphatic heterocycles. The molecule has 0 atom stereocenters. The van der Waals surface area contributed by atoms with Crippen LogP contribution in [-0.4, -0.2) is 0 Å². The van der Waals surface area contributed by atoms with Gasteiger partial charge in [-0.3, -0.25) is 0 Å². The number of rotatable bonds is 3. The molecule has 0 radical (unpaired) electrons. The Hall–Kier alpha value is -0.0400. The van der Waals surface area contributed by atoms with E-state index in [1.165, 1.54) is 6.42 Å². The highest BCUT2D eigenvalue weighted by atomic mass is 79.9. The quantitative estimate of drug-likeness (QED) is 0.577. The Morgan fingerprint density at radius 2 is 2.38 bits per heavy atom. The normalized spacial score (nSPS) is 11.5. The smallest absolute Gasteiger partial charge is 0.0129 e. The first kappa shape index (κ1) is 7.96. The summed E-state index contributed by atoms with van der Waals surface area (Å²) in [5.41, 5.74) is 0. The molecule has 0 saturated carbocycles. The van der Waals surface area contributed by atoms with Crippen molar-refractivity contribution in [2.45, 2.75) is 19.8 Å². The highest BCUT2D eigenvalue weighted by Crippen LogP contribution is 2.06. The van der Waals surface area contributed by atoms with Crippen LogP contribution in [0.2, 0.25) is 0 Å². The number of unbranched alkanes of at least 4 members (excludes halogenated alkanes) is 1. The molecule has 0 rings (SSSR count). The van der Waals surface area contributed by atoms with Crippen molar-refractivity contribution >= 4 is 15.9 Å². The van der Waals surface area contributed by atoms with E-state index >= 15 is 0 Å². The van der Waals surface area contributed by atoms with Crippen molar-refractivity contribution < 1.29 is 0 Å². The molecule has 0 aromatic heterocycles. The summed E-state index contributed by atoms with van der Waals surface area (Å²) in [5, 5.41) is 0. The molecule has 0 heterocycles. The lowest BCUT2D eigenvalue weighted by molar-refractivity contribution is 0.958. The summed E-state index contributed by atoms with van der Waals surface area (Å²) in [7, 11) is 0. The molecule has 0 aliphatic carbocycles. The first-order valence-electron chi connectivity index (χ1n) is 2.79. The molecule has 46 valence electrons. The van der Waals surface area contributed by atoms with Crippen LogP contribution in [0, 0.1) is 0 Å². The summed E-state index contributed by atoms with van der Waals surface area (Å²) < 4.78 is 1.10. The van der Waals surface area contributed by atoms with E-state index < -0.39 is 0 Å². The molecule has 0 N–H and O–H groups in total. The molecule has 0 aliphatic rings. The van der Waals surface area contributed by atoms with Crippen molar-refractivity contribution in [3.63, 3.8) is 0 Å². The topological polar surface area (TPSA) is 0 Å². The van der Waals surface area contributed by atoms with Crippen LogP contribution in [0.5, 0.6) is 0 Å². The van der Waals surface area contributed by atoms with Gasteiger partial charge in [0.25, 0.3) is 0 Å². The average Bonchev–Trinajstić information content (AvgIpc) is 1.83. The molecule has 0 aromatic carbocycles. The van der Waals surface area contributed by atoms with E-state index in [9.17, 15) is 0 Å². The van der Waals surface area contributed by atoms with Gasteiger partial charge < -0.3 is 0 Å².